The van der Waals surface area contributed by atoms with Gasteiger partial charge in [0.25, 0.3) is 0 Å². The Balaban J connectivity index is 2.04. The highest BCUT2D eigenvalue weighted by molar-refractivity contribution is 7.65. The Morgan fingerprint density at radius 1 is 0.708 bits per heavy atom. The van der Waals surface area contributed by atoms with Gasteiger partial charge in [-0.05, 0) is 30.2 Å². The molecule has 3 rings (SSSR count). The van der Waals surface area contributed by atoms with Crippen LogP contribution in [0.5, 0.6) is 0 Å². The van der Waals surface area contributed by atoms with Crippen molar-refractivity contribution in [1.29, 1.82) is 0 Å². The quantitative estimate of drug-likeness (QED) is 0.695. The standard InChI is InChI=1S/C20H20NO2P/c1-15-9-8-14-18(21-15)24(19(22)16-10-4-2-5-11-16)20(23)17-12-6-3-7-13-17/h2-14,19-20,22-23H,1H3. The van der Waals surface area contributed by atoms with Gasteiger partial charge >= 0.3 is 0 Å². The number of aliphatic hydroxyl groups excluding tert-OH is 2. The van der Waals surface area contributed by atoms with Crippen LogP contribution < -0.4 is 5.44 Å². The molecule has 0 amide bonds. The highest BCUT2D eigenvalue weighted by atomic mass is 31.1. The van der Waals surface area contributed by atoms with Crippen LogP contribution in [0.15, 0.2) is 78.9 Å². The number of hydrogen-bond donors (Lipinski definition) is 2. The number of rotatable bonds is 5. The molecular formula is C20H20NO2P. The number of hydrogen-bond acceptors (Lipinski definition) is 3. The minimum Gasteiger partial charge on any atom is -0.383 e. The van der Waals surface area contributed by atoms with Crippen LogP contribution in [0.1, 0.15) is 28.5 Å². The molecule has 2 N–H and O–H groups in total. The Morgan fingerprint density at radius 3 is 1.67 bits per heavy atom. The first kappa shape index (κ1) is 16.8. The lowest BCUT2D eigenvalue weighted by atomic mass is 10.2. The zero-order valence-corrected chi connectivity index (χ0v) is 14.3. The van der Waals surface area contributed by atoms with Gasteiger partial charge in [-0.1, -0.05) is 66.7 Å². The average Bonchev–Trinajstić information content (AvgIpc) is 2.63. The van der Waals surface area contributed by atoms with Gasteiger partial charge in [0.1, 0.15) is 11.7 Å². The number of nitrogens with zero attached hydrogens (tertiary/aromatic N) is 1. The van der Waals surface area contributed by atoms with Crippen molar-refractivity contribution in [1.82, 2.24) is 4.98 Å². The molecule has 0 spiro atoms. The predicted molar refractivity (Wildman–Crippen MR) is 98.3 cm³/mol. The number of aryl methyl sites for hydroxylation is 1. The second kappa shape index (κ2) is 7.67. The molecule has 2 unspecified atom stereocenters. The van der Waals surface area contributed by atoms with Gasteiger partial charge in [-0.2, -0.15) is 0 Å². The Morgan fingerprint density at radius 2 is 1.21 bits per heavy atom. The van der Waals surface area contributed by atoms with Crippen molar-refractivity contribution in [2.24, 2.45) is 0 Å². The van der Waals surface area contributed by atoms with Crippen LogP contribution in [0.2, 0.25) is 0 Å². The minimum absolute atomic E-state index is 0.748. The predicted octanol–water partition coefficient (Wildman–Crippen LogP) is 3.88. The van der Waals surface area contributed by atoms with Crippen LogP contribution in [0.3, 0.4) is 0 Å². The zero-order valence-electron chi connectivity index (χ0n) is 13.4. The van der Waals surface area contributed by atoms with E-state index in [4.69, 9.17) is 0 Å². The van der Waals surface area contributed by atoms with E-state index in [0.717, 1.165) is 22.3 Å². The van der Waals surface area contributed by atoms with E-state index >= 15 is 0 Å². The summed E-state index contributed by atoms with van der Waals surface area (Å²) in [5, 5.41) is 22.0. The van der Waals surface area contributed by atoms with E-state index in [1.54, 1.807) is 0 Å². The molecule has 24 heavy (non-hydrogen) atoms. The SMILES string of the molecule is Cc1cccc(P(C(O)c2ccccc2)C(O)c2ccccc2)n1. The smallest absolute Gasteiger partial charge is 0.106 e. The van der Waals surface area contributed by atoms with Crippen molar-refractivity contribution in [3.05, 3.63) is 95.7 Å². The highest BCUT2D eigenvalue weighted by Gasteiger charge is 2.31. The summed E-state index contributed by atoms with van der Waals surface area (Å²) in [7, 11) is -1.35. The number of aliphatic hydroxyl groups is 2. The Labute approximate surface area is 143 Å². The molecule has 2 aromatic carbocycles. The molecule has 0 fully saturated rings. The third-order valence-corrected chi connectivity index (χ3v) is 6.29. The van der Waals surface area contributed by atoms with Crippen LogP contribution in [0.4, 0.5) is 0 Å². The second-order valence-corrected chi connectivity index (χ2v) is 7.86. The van der Waals surface area contributed by atoms with E-state index in [1.807, 2.05) is 85.8 Å². The topological polar surface area (TPSA) is 53.4 Å². The van der Waals surface area contributed by atoms with E-state index < -0.39 is 19.6 Å². The lowest BCUT2D eigenvalue weighted by Crippen LogP contribution is -2.17. The van der Waals surface area contributed by atoms with Gasteiger partial charge in [-0.15, -0.1) is 0 Å². The third kappa shape index (κ3) is 3.70. The van der Waals surface area contributed by atoms with E-state index in [2.05, 4.69) is 4.98 Å². The molecule has 0 saturated carbocycles. The van der Waals surface area contributed by atoms with Crippen molar-refractivity contribution >= 4 is 13.4 Å². The number of pyridine rings is 1. The second-order valence-electron chi connectivity index (χ2n) is 5.61. The van der Waals surface area contributed by atoms with Crippen LogP contribution >= 0.6 is 7.92 Å². The largest absolute Gasteiger partial charge is 0.383 e. The molecule has 0 aliphatic carbocycles. The molecule has 2 atom stereocenters. The van der Waals surface area contributed by atoms with E-state index in [1.165, 1.54) is 0 Å². The van der Waals surface area contributed by atoms with Gasteiger partial charge in [-0.25, -0.2) is 0 Å². The molecule has 1 heterocycles. The summed E-state index contributed by atoms with van der Waals surface area (Å²) in [6, 6.07) is 24.7. The van der Waals surface area contributed by atoms with Gasteiger partial charge < -0.3 is 10.2 Å². The molecule has 0 aliphatic rings. The normalized spacial score (nSPS) is 14.8. The Kier molecular flexibility index (Phi) is 5.37. The van der Waals surface area contributed by atoms with E-state index in [0.29, 0.717) is 0 Å². The van der Waals surface area contributed by atoms with Crippen molar-refractivity contribution in [2.75, 3.05) is 0 Å². The lowest BCUT2D eigenvalue weighted by Gasteiger charge is -2.28. The first-order valence-electron chi connectivity index (χ1n) is 7.85. The molecule has 3 nitrogen and oxygen atoms in total. The summed E-state index contributed by atoms with van der Waals surface area (Å²) < 4.78 is 0. The fraction of sp³-hybridized carbons (Fsp3) is 0.150. The van der Waals surface area contributed by atoms with Crippen molar-refractivity contribution in [2.45, 2.75) is 18.6 Å². The van der Waals surface area contributed by atoms with Gasteiger partial charge in [0.2, 0.25) is 0 Å². The maximum atomic E-state index is 11.0. The number of benzene rings is 2. The van der Waals surface area contributed by atoms with Gasteiger partial charge in [0.05, 0.1) is 5.44 Å². The van der Waals surface area contributed by atoms with Crippen molar-refractivity contribution < 1.29 is 10.2 Å². The summed E-state index contributed by atoms with van der Waals surface area (Å²) in [5.74, 6) is -1.57. The summed E-state index contributed by atoms with van der Waals surface area (Å²) >= 11 is 0. The van der Waals surface area contributed by atoms with Crippen LogP contribution in [0, 0.1) is 6.92 Å². The van der Waals surface area contributed by atoms with Crippen molar-refractivity contribution in [3.8, 4) is 0 Å². The zero-order chi connectivity index (χ0) is 16.9. The van der Waals surface area contributed by atoms with Crippen molar-refractivity contribution in [3.63, 3.8) is 0 Å². The van der Waals surface area contributed by atoms with Gasteiger partial charge in [-0.3, -0.25) is 4.98 Å². The molecule has 3 aromatic rings. The molecule has 0 bridgehead atoms. The van der Waals surface area contributed by atoms with Gasteiger partial charge in [0, 0.05) is 13.6 Å². The Bertz CT molecular complexity index is 734. The lowest BCUT2D eigenvalue weighted by molar-refractivity contribution is 0.230. The van der Waals surface area contributed by atoms with E-state index in [-0.39, 0.29) is 0 Å². The summed E-state index contributed by atoms with van der Waals surface area (Å²) in [4.78, 5) is 4.58. The Hall–Kier alpha value is -2.06. The van der Waals surface area contributed by atoms with Crippen LogP contribution in [0.25, 0.3) is 0 Å². The molecule has 4 heteroatoms. The highest BCUT2D eigenvalue weighted by Crippen LogP contribution is 2.57. The third-order valence-electron chi connectivity index (χ3n) is 3.86. The first-order valence-corrected chi connectivity index (χ1v) is 9.33. The first-order chi connectivity index (χ1) is 11.7. The average molecular weight is 337 g/mol. The molecular weight excluding hydrogens is 317 g/mol. The fourth-order valence-electron chi connectivity index (χ4n) is 2.63. The number of aromatic nitrogens is 1. The molecule has 0 radical (unpaired) electrons. The van der Waals surface area contributed by atoms with Crippen LogP contribution in [-0.2, 0) is 0 Å². The maximum Gasteiger partial charge on any atom is 0.106 e. The molecule has 122 valence electrons. The molecule has 0 aliphatic heterocycles. The van der Waals surface area contributed by atoms with Crippen LogP contribution in [-0.4, -0.2) is 15.2 Å². The summed E-state index contributed by atoms with van der Waals surface area (Å²) in [6.45, 7) is 1.92. The molecule has 1 aromatic heterocycles. The summed E-state index contributed by atoms with van der Waals surface area (Å²) in [6.07, 6.45) is 0. The maximum absolute atomic E-state index is 11.0. The summed E-state index contributed by atoms with van der Waals surface area (Å²) in [5.41, 5.74) is 3.21. The minimum atomic E-state index is -1.35. The van der Waals surface area contributed by atoms with Gasteiger partial charge in [0.15, 0.2) is 0 Å². The monoisotopic (exact) mass is 337 g/mol. The molecule has 0 saturated heterocycles. The van der Waals surface area contributed by atoms with E-state index in [9.17, 15) is 10.2 Å². The fourth-order valence-corrected chi connectivity index (χ4v) is 4.92.